The molecule has 0 atom stereocenters. The zero-order valence-electron chi connectivity index (χ0n) is 12.4. The second-order valence-corrected chi connectivity index (χ2v) is 8.31. The van der Waals surface area contributed by atoms with E-state index in [0.29, 0.717) is 51.3 Å². The predicted octanol–water partition coefficient (Wildman–Crippen LogP) is 4.34. The number of hydrogen-bond acceptors (Lipinski definition) is 4. The zero-order valence-corrected chi connectivity index (χ0v) is 14.7. The van der Waals surface area contributed by atoms with Gasteiger partial charge in [-0.15, -0.1) is 0 Å². The quantitative estimate of drug-likeness (QED) is 0.660. The van der Waals surface area contributed by atoms with Crippen LogP contribution in [0.5, 0.6) is 0 Å². The average molecular weight is 383 g/mol. The van der Waals surface area contributed by atoms with E-state index in [1.807, 2.05) is 0 Å². The van der Waals surface area contributed by atoms with Gasteiger partial charge in [0.25, 0.3) is 0 Å². The van der Waals surface area contributed by atoms with Gasteiger partial charge in [-0.2, -0.15) is 0 Å². The Balaban J connectivity index is 1.81. The molecule has 0 bridgehead atoms. The van der Waals surface area contributed by atoms with E-state index in [9.17, 15) is 8.42 Å². The van der Waals surface area contributed by atoms with E-state index >= 15 is 0 Å². The third-order valence-corrected chi connectivity index (χ3v) is 6.63. The van der Waals surface area contributed by atoms with Crippen molar-refractivity contribution >= 4 is 50.0 Å². The Bertz CT molecular complexity index is 1050. The fourth-order valence-corrected chi connectivity index (χ4v) is 4.72. The number of halogens is 2. The van der Waals surface area contributed by atoms with Crippen molar-refractivity contribution in [3.63, 3.8) is 0 Å². The molecule has 1 saturated heterocycles. The molecule has 0 aliphatic carbocycles. The summed E-state index contributed by atoms with van der Waals surface area (Å²) in [5.41, 5.74) is 2.31. The van der Waals surface area contributed by atoms with Gasteiger partial charge in [-0.1, -0.05) is 29.3 Å². The fraction of sp³-hybridized carbons (Fsp3) is 0.188. The van der Waals surface area contributed by atoms with Crippen LogP contribution in [-0.2, 0) is 10.0 Å². The Labute approximate surface area is 148 Å². The van der Waals surface area contributed by atoms with Gasteiger partial charge in [0.1, 0.15) is 5.52 Å². The Morgan fingerprint density at radius 3 is 2.75 bits per heavy atom. The molecule has 0 amide bonds. The summed E-state index contributed by atoms with van der Waals surface area (Å²) in [7, 11) is -3.23. The van der Waals surface area contributed by atoms with Crippen LogP contribution in [-0.4, -0.2) is 25.7 Å². The van der Waals surface area contributed by atoms with Crippen LogP contribution in [0, 0.1) is 0 Å². The molecular weight excluding hydrogens is 371 g/mol. The van der Waals surface area contributed by atoms with Crippen LogP contribution in [0.25, 0.3) is 22.6 Å². The van der Waals surface area contributed by atoms with E-state index < -0.39 is 10.0 Å². The average Bonchev–Trinajstić information content (AvgIpc) is 3.11. The Hall–Kier alpha value is -1.76. The normalized spacial score (nSPS) is 16.8. The van der Waals surface area contributed by atoms with Gasteiger partial charge in [0.2, 0.25) is 15.9 Å². The highest BCUT2D eigenvalue weighted by molar-refractivity contribution is 7.93. The van der Waals surface area contributed by atoms with E-state index in [4.69, 9.17) is 27.6 Å². The molecule has 1 aromatic heterocycles. The molecular formula is C16H12Cl2N2O3S. The molecule has 1 aliphatic heterocycles. The number of rotatable bonds is 2. The highest BCUT2D eigenvalue weighted by Crippen LogP contribution is 2.35. The molecule has 1 fully saturated rings. The van der Waals surface area contributed by atoms with E-state index in [-0.39, 0.29) is 5.75 Å². The van der Waals surface area contributed by atoms with Crippen molar-refractivity contribution in [1.29, 1.82) is 0 Å². The van der Waals surface area contributed by atoms with Crippen LogP contribution in [0.2, 0.25) is 10.0 Å². The minimum Gasteiger partial charge on any atom is -0.436 e. The van der Waals surface area contributed by atoms with Crippen molar-refractivity contribution in [3.05, 3.63) is 46.4 Å². The highest BCUT2D eigenvalue weighted by atomic mass is 35.5. The lowest BCUT2D eigenvalue weighted by atomic mass is 10.2. The van der Waals surface area contributed by atoms with Gasteiger partial charge < -0.3 is 4.42 Å². The lowest BCUT2D eigenvalue weighted by Gasteiger charge is -2.16. The molecule has 0 spiro atoms. The highest BCUT2D eigenvalue weighted by Gasteiger charge is 2.28. The lowest BCUT2D eigenvalue weighted by molar-refractivity contribution is 0.599. The minimum absolute atomic E-state index is 0.174. The summed E-state index contributed by atoms with van der Waals surface area (Å²) in [6, 6.07) is 10.4. The maximum Gasteiger partial charge on any atom is 0.235 e. The van der Waals surface area contributed by atoms with E-state index in [0.717, 1.165) is 0 Å². The smallest absolute Gasteiger partial charge is 0.235 e. The van der Waals surface area contributed by atoms with Gasteiger partial charge in [0.05, 0.1) is 27.0 Å². The molecule has 0 saturated carbocycles. The van der Waals surface area contributed by atoms with Gasteiger partial charge in [-0.3, -0.25) is 4.31 Å². The van der Waals surface area contributed by atoms with Crippen molar-refractivity contribution in [2.75, 3.05) is 16.6 Å². The second kappa shape index (κ2) is 5.65. The third kappa shape index (κ3) is 2.55. The number of nitrogens with zero attached hydrogens (tertiary/aromatic N) is 2. The first-order valence-electron chi connectivity index (χ1n) is 7.31. The largest absolute Gasteiger partial charge is 0.436 e. The van der Waals surface area contributed by atoms with Crippen LogP contribution < -0.4 is 4.31 Å². The molecule has 2 heterocycles. The summed E-state index contributed by atoms with van der Waals surface area (Å²) in [4.78, 5) is 4.43. The molecule has 0 radical (unpaired) electrons. The summed E-state index contributed by atoms with van der Waals surface area (Å²) in [6.07, 6.45) is 0.628. The lowest BCUT2D eigenvalue weighted by Crippen LogP contribution is -2.24. The third-order valence-electron chi connectivity index (χ3n) is 3.94. The molecule has 3 aromatic rings. The molecule has 124 valence electrons. The first-order chi connectivity index (χ1) is 11.5. The fourth-order valence-electron chi connectivity index (χ4n) is 2.78. The standard InChI is InChI=1S/C16H12Cl2N2O3S/c17-12-4-1-3-11(15(12)18)16-19-13-9-10(5-6-14(13)23-16)20-7-2-8-24(20,21)22/h1,3-6,9H,2,7-8H2. The van der Waals surface area contributed by atoms with Crippen molar-refractivity contribution in [1.82, 2.24) is 4.98 Å². The molecule has 0 N–H and O–H groups in total. The zero-order chi connectivity index (χ0) is 16.9. The summed E-state index contributed by atoms with van der Waals surface area (Å²) in [5.74, 6) is 0.520. The predicted molar refractivity (Wildman–Crippen MR) is 95.2 cm³/mol. The minimum atomic E-state index is -3.23. The van der Waals surface area contributed by atoms with Gasteiger partial charge in [0.15, 0.2) is 5.58 Å². The first-order valence-corrected chi connectivity index (χ1v) is 9.67. The number of fused-ring (bicyclic) bond motifs is 1. The number of anilines is 1. The van der Waals surface area contributed by atoms with Crippen LogP contribution in [0.4, 0.5) is 5.69 Å². The maximum absolute atomic E-state index is 12.1. The van der Waals surface area contributed by atoms with Crippen molar-refractivity contribution < 1.29 is 12.8 Å². The summed E-state index contributed by atoms with van der Waals surface area (Å²) < 4.78 is 31.3. The Morgan fingerprint density at radius 1 is 1.17 bits per heavy atom. The second-order valence-electron chi connectivity index (χ2n) is 5.51. The van der Waals surface area contributed by atoms with Crippen LogP contribution in [0.3, 0.4) is 0 Å². The SMILES string of the molecule is O=S1(=O)CCCN1c1ccc2oc(-c3cccc(Cl)c3Cl)nc2c1. The Kier molecular flexibility index (Phi) is 3.71. The maximum atomic E-state index is 12.1. The number of aromatic nitrogens is 1. The number of sulfonamides is 1. The number of oxazole rings is 1. The molecule has 5 nitrogen and oxygen atoms in total. The number of benzene rings is 2. The van der Waals surface area contributed by atoms with E-state index in [1.54, 1.807) is 36.4 Å². The monoisotopic (exact) mass is 382 g/mol. The van der Waals surface area contributed by atoms with Crippen molar-refractivity contribution in [3.8, 4) is 11.5 Å². The number of hydrogen-bond donors (Lipinski definition) is 0. The molecule has 8 heteroatoms. The molecule has 24 heavy (non-hydrogen) atoms. The van der Waals surface area contributed by atoms with Gasteiger partial charge in [-0.05, 0) is 36.8 Å². The summed E-state index contributed by atoms with van der Waals surface area (Å²) in [6.45, 7) is 0.485. The van der Waals surface area contributed by atoms with Gasteiger partial charge >= 0.3 is 0 Å². The van der Waals surface area contributed by atoms with Crippen LogP contribution in [0.15, 0.2) is 40.8 Å². The summed E-state index contributed by atoms with van der Waals surface area (Å²) in [5, 5.41) is 0.785. The van der Waals surface area contributed by atoms with Crippen LogP contribution >= 0.6 is 23.2 Å². The molecule has 2 aromatic carbocycles. The van der Waals surface area contributed by atoms with E-state index in [2.05, 4.69) is 4.98 Å². The Morgan fingerprint density at radius 2 is 2.00 bits per heavy atom. The van der Waals surface area contributed by atoms with Gasteiger partial charge in [0, 0.05) is 6.54 Å². The van der Waals surface area contributed by atoms with Gasteiger partial charge in [-0.25, -0.2) is 13.4 Å². The topological polar surface area (TPSA) is 63.4 Å². The summed E-state index contributed by atoms with van der Waals surface area (Å²) >= 11 is 12.2. The van der Waals surface area contributed by atoms with Crippen molar-refractivity contribution in [2.45, 2.75) is 6.42 Å². The molecule has 0 unspecified atom stereocenters. The molecule has 4 rings (SSSR count). The van der Waals surface area contributed by atoms with Crippen molar-refractivity contribution in [2.24, 2.45) is 0 Å². The first kappa shape index (κ1) is 15.7. The van der Waals surface area contributed by atoms with E-state index in [1.165, 1.54) is 4.31 Å². The molecule has 1 aliphatic rings. The van der Waals surface area contributed by atoms with Crippen LogP contribution in [0.1, 0.15) is 6.42 Å².